The van der Waals surface area contributed by atoms with E-state index < -0.39 is 9.84 Å². The molecule has 21 heavy (non-hydrogen) atoms. The van der Waals surface area contributed by atoms with Gasteiger partial charge in [-0.3, -0.25) is 0 Å². The molecule has 1 aromatic carbocycles. The summed E-state index contributed by atoms with van der Waals surface area (Å²) in [7, 11) is -3.30. The van der Waals surface area contributed by atoms with Gasteiger partial charge in [0.05, 0.1) is 10.1 Å². The molecule has 0 saturated heterocycles. The van der Waals surface area contributed by atoms with Crippen molar-refractivity contribution in [3.8, 4) is 0 Å². The molecule has 2 rings (SSSR count). The van der Waals surface area contributed by atoms with Crippen molar-refractivity contribution in [3.05, 3.63) is 28.7 Å². The summed E-state index contributed by atoms with van der Waals surface area (Å²) >= 11 is 3.36. The van der Waals surface area contributed by atoms with Crippen molar-refractivity contribution in [2.75, 3.05) is 6.54 Å². The smallest absolute Gasteiger partial charge is 0.182 e. The predicted molar refractivity (Wildman–Crippen MR) is 90.2 cm³/mol. The lowest BCUT2D eigenvalue weighted by Crippen LogP contribution is -2.49. The van der Waals surface area contributed by atoms with E-state index in [2.05, 4.69) is 35.1 Å². The summed E-state index contributed by atoms with van der Waals surface area (Å²) in [6, 6.07) is 7.04. The van der Waals surface area contributed by atoms with Crippen LogP contribution in [0, 0.1) is 5.41 Å². The van der Waals surface area contributed by atoms with Crippen molar-refractivity contribution in [1.82, 2.24) is 5.32 Å². The van der Waals surface area contributed by atoms with E-state index in [0.29, 0.717) is 11.3 Å². The van der Waals surface area contributed by atoms with Gasteiger partial charge in [0.1, 0.15) is 0 Å². The van der Waals surface area contributed by atoms with Crippen molar-refractivity contribution in [2.24, 2.45) is 5.41 Å². The molecule has 0 amide bonds. The fourth-order valence-corrected chi connectivity index (χ4v) is 5.61. The van der Waals surface area contributed by atoms with E-state index in [1.54, 1.807) is 24.3 Å². The fraction of sp³-hybridized carbons (Fsp3) is 0.625. The first-order valence-corrected chi connectivity index (χ1v) is 9.83. The Morgan fingerprint density at radius 2 is 1.90 bits per heavy atom. The first-order valence-electron chi connectivity index (χ1n) is 7.49. The summed E-state index contributed by atoms with van der Waals surface area (Å²) < 4.78 is 26.9. The standard InChI is InChI=1S/C16H24BrNO2S/c1-4-18-14-9-10-16(2,3)11-15(14)21(19,20)13-7-5-12(17)6-8-13/h5-8,14-15,18H,4,9-11H2,1-3H3. The first-order chi connectivity index (χ1) is 9.76. The van der Waals surface area contributed by atoms with Gasteiger partial charge in [0, 0.05) is 10.5 Å². The average Bonchev–Trinajstić information content (AvgIpc) is 2.41. The zero-order chi connectivity index (χ0) is 15.7. The molecule has 1 aliphatic carbocycles. The maximum atomic E-state index is 13.0. The summed E-state index contributed by atoms with van der Waals surface area (Å²) in [5.74, 6) is 0. The molecule has 1 saturated carbocycles. The Labute approximate surface area is 136 Å². The zero-order valence-electron chi connectivity index (χ0n) is 12.9. The van der Waals surface area contributed by atoms with Gasteiger partial charge < -0.3 is 5.32 Å². The number of halogens is 1. The molecule has 2 unspecified atom stereocenters. The van der Waals surface area contributed by atoms with E-state index in [-0.39, 0.29) is 16.7 Å². The van der Waals surface area contributed by atoms with Gasteiger partial charge in [0.15, 0.2) is 9.84 Å². The Hall–Kier alpha value is -0.390. The monoisotopic (exact) mass is 373 g/mol. The van der Waals surface area contributed by atoms with Crippen LogP contribution in [0.1, 0.15) is 40.0 Å². The molecular weight excluding hydrogens is 350 g/mol. The lowest BCUT2D eigenvalue weighted by molar-refractivity contribution is 0.210. The number of rotatable bonds is 4. The molecule has 1 aromatic rings. The average molecular weight is 374 g/mol. The van der Waals surface area contributed by atoms with Crippen LogP contribution in [0.3, 0.4) is 0 Å². The Balaban J connectivity index is 2.35. The fourth-order valence-electron chi connectivity index (χ4n) is 3.14. The van der Waals surface area contributed by atoms with Crippen LogP contribution in [0.15, 0.2) is 33.6 Å². The Morgan fingerprint density at radius 1 is 1.29 bits per heavy atom. The first kappa shape index (κ1) is 17.0. The molecule has 1 aliphatic rings. The molecule has 0 spiro atoms. The maximum absolute atomic E-state index is 13.0. The second kappa shape index (κ2) is 6.39. The van der Waals surface area contributed by atoms with E-state index in [4.69, 9.17) is 0 Å². The lowest BCUT2D eigenvalue weighted by Gasteiger charge is -2.40. The van der Waals surface area contributed by atoms with Gasteiger partial charge in [-0.2, -0.15) is 0 Å². The third-order valence-corrected chi connectivity index (χ3v) is 7.09. The second-order valence-electron chi connectivity index (χ2n) is 6.61. The van der Waals surface area contributed by atoms with Crippen LogP contribution in [0.4, 0.5) is 0 Å². The topological polar surface area (TPSA) is 46.2 Å². The van der Waals surface area contributed by atoms with E-state index in [1.807, 2.05) is 6.92 Å². The zero-order valence-corrected chi connectivity index (χ0v) is 15.3. The van der Waals surface area contributed by atoms with Gasteiger partial charge in [-0.25, -0.2) is 8.42 Å². The molecule has 0 bridgehead atoms. The Kier molecular flexibility index (Phi) is 5.16. The molecule has 5 heteroatoms. The third-order valence-electron chi connectivity index (χ3n) is 4.34. The summed E-state index contributed by atoms with van der Waals surface area (Å²) in [6.45, 7) is 7.17. The maximum Gasteiger partial charge on any atom is 0.182 e. The van der Waals surface area contributed by atoms with Crippen molar-refractivity contribution < 1.29 is 8.42 Å². The van der Waals surface area contributed by atoms with Gasteiger partial charge in [-0.05, 0) is 55.5 Å². The minimum atomic E-state index is -3.30. The van der Waals surface area contributed by atoms with Crippen LogP contribution in [0.2, 0.25) is 0 Å². The minimum absolute atomic E-state index is 0.0525. The van der Waals surface area contributed by atoms with E-state index in [0.717, 1.165) is 23.9 Å². The van der Waals surface area contributed by atoms with Crippen LogP contribution in [0.25, 0.3) is 0 Å². The summed E-state index contributed by atoms with van der Waals surface area (Å²) in [4.78, 5) is 0.427. The number of hydrogen-bond acceptors (Lipinski definition) is 3. The number of nitrogens with one attached hydrogen (secondary N) is 1. The molecule has 2 atom stereocenters. The molecule has 0 aliphatic heterocycles. The Bertz CT molecular complexity index is 581. The number of benzene rings is 1. The van der Waals surface area contributed by atoms with Crippen LogP contribution in [0.5, 0.6) is 0 Å². The van der Waals surface area contributed by atoms with Crippen molar-refractivity contribution in [2.45, 2.75) is 56.2 Å². The van der Waals surface area contributed by atoms with Crippen LogP contribution < -0.4 is 5.32 Å². The molecule has 0 heterocycles. The molecule has 3 nitrogen and oxygen atoms in total. The predicted octanol–water partition coefficient (Wildman–Crippen LogP) is 3.78. The van der Waals surface area contributed by atoms with E-state index >= 15 is 0 Å². The molecule has 1 fully saturated rings. The van der Waals surface area contributed by atoms with Gasteiger partial charge >= 0.3 is 0 Å². The largest absolute Gasteiger partial charge is 0.313 e. The third kappa shape index (κ3) is 3.88. The Morgan fingerprint density at radius 3 is 2.48 bits per heavy atom. The SMILES string of the molecule is CCNC1CCC(C)(C)CC1S(=O)(=O)c1ccc(Br)cc1. The highest BCUT2D eigenvalue weighted by Gasteiger charge is 2.42. The minimum Gasteiger partial charge on any atom is -0.313 e. The quantitative estimate of drug-likeness (QED) is 0.873. The summed E-state index contributed by atoms with van der Waals surface area (Å²) in [5.41, 5.74) is 0.0824. The molecule has 118 valence electrons. The van der Waals surface area contributed by atoms with Gasteiger partial charge in [0.2, 0.25) is 0 Å². The van der Waals surface area contributed by atoms with Crippen LogP contribution in [-0.2, 0) is 9.84 Å². The van der Waals surface area contributed by atoms with Crippen molar-refractivity contribution in [3.63, 3.8) is 0 Å². The molecule has 0 radical (unpaired) electrons. The van der Waals surface area contributed by atoms with Crippen LogP contribution in [-0.4, -0.2) is 26.3 Å². The highest BCUT2D eigenvalue weighted by atomic mass is 79.9. The van der Waals surface area contributed by atoms with Crippen molar-refractivity contribution >= 4 is 25.8 Å². The van der Waals surface area contributed by atoms with Gasteiger partial charge in [0.25, 0.3) is 0 Å². The van der Waals surface area contributed by atoms with E-state index in [9.17, 15) is 8.42 Å². The lowest BCUT2D eigenvalue weighted by atomic mass is 9.75. The molecular formula is C16H24BrNO2S. The van der Waals surface area contributed by atoms with Crippen LogP contribution >= 0.6 is 15.9 Å². The number of hydrogen-bond donors (Lipinski definition) is 1. The second-order valence-corrected chi connectivity index (χ2v) is 9.69. The van der Waals surface area contributed by atoms with Gasteiger partial charge in [-0.1, -0.05) is 36.7 Å². The van der Waals surface area contributed by atoms with E-state index in [1.165, 1.54) is 0 Å². The normalized spacial score (nSPS) is 25.7. The number of sulfone groups is 1. The van der Waals surface area contributed by atoms with Crippen molar-refractivity contribution in [1.29, 1.82) is 0 Å². The summed E-state index contributed by atoms with van der Waals surface area (Å²) in [6.07, 6.45) is 2.70. The summed E-state index contributed by atoms with van der Waals surface area (Å²) in [5, 5.41) is 3.03. The highest BCUT2D eigenvalue weighted by Crippen LogP contribution is 2.40. The molecule has 0 aromatic heterocycles. The highest BCUT2D eigenvalue weighted by molar-refractivity contribution is 9.10. The van der Waals surface area contributed by atoms with Gasteiger partial charge in [-0.15, -0.1) is 0 Å². The molecule has 1 N–H and O–H groups in total.